The first kappa shape index (κ1) is 16.2. The van der Waals surface area contributed by atoms with E-state index in [0.29, 0.717) is 37.6 Å². The molecule has 20 heavy (non-hydrogen) atoms. The lowest BCUT2D eigenvalue weighted by molar-refractivity contribution is 0.101. The van der Waals surface area contributed by atoms with Gasteiger partial charge >= 0.3 is 6.03 Å². The van der Waals surface area contributed by atoms with Gasteiger partial charge in [-0.2, -0.15) is 0 Å². The van der Waals surface area contributed by atoms with E-state index in [2.05, 4.69) is 5.32 Å². The molecular weight excluding hydrogens is 256 g/mol. The fourth-order valence-corrected chi connectivity index (χ4v) is 1.74. The molecule has 0 saturated carbocycles. The van der Waals surface area contributed by atoms with Gasteiger partial charge in [0.05, 0.1) is 6.61 Å². The molecule has 0 atom stereocenters. The van der Waals surface area contributed by atoms with Crippen LogP contribution in [0, 0.1) is 0 Å². The summed E-state index contributed by atoms with van der Waals surface area (Å²) < 4.78 is 5.25. The molecule has 0 fully saturated rings. The molecule has 5 heteroatoms. The lowest BCUT2D eigenvalue weighted by Crippen LogP contribution is -2.37. The van der Waals surface area contributed by atoms with Crippen LogP contribution in [0.2, 0.25) is 0 Å². The first-order valence-corrected chi connectivity index (χ1v) is 6.83. The van der Waals surface area contributed by atoms with Gasteiger partial charge in [-0.3, -0.25) is 4.79 Å². The number of ketones is 1. The van der Waals surface area contributed by atoms with Gasteiger partial charge in [-0.15, -0.1) is 0 Å². The molecule has 0 aliphatic rings. The number of likely N-dealkylation sites (N-methyl/N-ethyl adjacent to an activating group) is 1. The van der Waals surface area contributed by atoms with Gasteiger partial charge in [-0.25, -0.2) is 4.79 Å². The second kappa shape index (κ2) is 8.32. The number of Topliss-reactive ketones (excluding diaryl/α,β-unsaturated/α-hetero) is 1. The number of hydrogen-bond donors (Lipinski definition) is 1. The van der Waals surface area contributed by atoms with Crippen molar-refractivity contribution < 1.29 is 14.3 Å². The molecule has 1 rings (SSSR count). The lowest BCUT2D eigenvalue weighted by Gasteiger charge is -2.21. The molecule has 0 bridgehead atoms. The van der Waals surface area contributed by atoms with Gasteiger partial charge < -0.3 is 15.0 Å². The molecule has 2 amide bonds. The predicted molar refractivity (Wildman–Crippen MR) is 79.2 cm³/mol. The normalized spacial score (nSPS) is 10.2. The molecule has 0 unspecified atom stereocenters. The maximum absolute atomic E-state index is 12.1. The third-order valence-corrected chi connectivity index (χ3v) is 2.90. The van der Waals surface area contributed by atoms with E-state index < -0.39 is 0 Å². The van der Waals surface area contributed by atoms with Gasteiger partial charge in [-0.1, -0.05) is 12.1 Å². The number of rotatable bonds is 7. The standard InChI is InChI=1S/C15H22N2O3/c1-4-17(9-10-20-5-2)15(19)16-14-8-6-7-13(11-14)12(3)18/h6-8,11H,4-5,9-10H2,1-3H3,(H,16,19). The van der Waals surface area contributed by atoms with Crippen molar-refractivity contribution in [3.05, 3.63) is 29.8 Å². The predicted octanol–water partition coefficient (Wildman–Crippen LogP) is 2.78. The number of nitrogens with one attached hydrogen (secondary N) is 1. The number of amides is 2. The Labute approximate surface area is 119 Å². The highest BCUT2D eigenvalue weighted by Crippen LogP contribution is 2.12. The maximum atomic E-state index is 12.1. The Bertz CT molecular complexity index is 460. The Morgan fingerprint density at radius 2 is 2.05 bits per heavy atom. The van der Waals surface area contributed by atoms with Crippen LogP contribution in [-0.4, -0.2) is 43.0 Å². The number of ether oxygens (including phenoxy) is 1. The number of carbonyl (C=O) groups is 2. The minimum absolute atomic E-state index is 0.0233. The molecular formula is C15H22N2O3. The van der Waals surface area contributed by atoms with Crippen LogP contribution < -0.4 is 5.32 Å². The van der Waals surface area contributed by atoms with Crippen LogP contribution in [0.25, 0.3) is 0 Å². The minimum atomic E-state index is -0.187. The summed E-state index contributed by atoms with van der Waals surface area (Å²) in [6.45, 7) is 7.64. The topological polar surface area (TPSA) is 58.6 Å². The Balaban J connectivity index is 2.63. The van der Waals surface area contributed by atoms with Crippen LogP contribution in [0.15, 0.2) is 24.3 Å². The summed E-state index contributed by atoms with van der Waals surface area (Å²) in [7, 11) is 0. The molecule has 0 aliphatic carbocycles. The zero-order valence-electron chi connectivity index (χ0n) is 12.3. The second-order valence-corrected chi connectivity index (χ2v) is 4.34. The fraction of sp³-hybridized carbons (Fsp3) is 0.467. The highest BCUT2D eigenvalue weighted by Gasteiger charge is 2.11. The second-order valence-electron chi connectivity index (χ2n) is 4.34. The van der Waals surface area contributed by atoms with E-state index in [0.717, 1.165) is 0 Å². The first-order valence-electron chi connectivity index (χ1n) is 6.83. The van der Waals surface area contributed by atoms with Gasteiger partial charge in [0.2, 0.25) is 0 Å². The highest BCUT2D eigenvalue weighted by atomic mass is 16.5. The molecule has 1 aromatic rings. The van der Waals surface area contributed by atoms with E-state index in [4.69, 9.17) is 4.74 Å². The van der Waals surface area contributed by atoms with Crippen molar-refractivity contribution >= 4 is 17.5 Å². The van der Waals surface area contributed by atoms with Gasteiger partial charge in [0, 0.05) is 30.9 Å². The Hall–Kier alpha value is -1.88. The van der Waals surface area contributed by atoms with Crippen LogP contribution in [0.4, 0.5) is 10.5 Å². The average Bonchev–Trinajstić information content (AvgIpc) is 2.43. The summed E-state index contributed by atoms with van der Waals surface area (Å²) in [6.07, 6.45) is 0. The van der Waals surface area contributed by atoms with E-state index >= 15 is 0 Å². The lowest BCUT2D eigenvalue weighted by atomic mass is 10.1. The maximum Gasteiger partial charge on any atom is 0.321 e. The summed E-state index contributed by atoms with van der Waals surface area (Å²) in [6, 6.07) is 6.73. The van der Waals surface area contributed by atoms with E-state index in [1.807, 2.05) is 13.8 Å². The molecule has 5 nitrogen and oxygen atoms in total. The molecule has 0 saturated heterocycles. The average molecular weight is 278 g/mol. The van der Waals surface area contributed by atoms with Crippen LogP contribution in [0.1, 0.15) is 31.1 Å². The molecule has 0 aliphatic heterocycles. The van der Waals surface area contributed by atoms with Crippen molar-refractivity contribution in [2.24, 2.45) is 0 Å². The molecule has 0 heterocycles. The van der Waals surface area contributed by atoms with Crippen LogP contribution in [0.3, 0.4) is 0 Å². The molecule has 1 aromatic carbocycles. The first-order chi connectivity index (χ1) is 9.58. The van der Waals surface area contributed by atoms with Crippen LogP contribution in [0.5, 0.6) is 0 Å². The van der Waals surface area contributed by atoms with Gasteiger partial charge in [0.25, 0.3) is 0 Å². The zero-order valence-corrected chi connectivity index (χ0v) is 12.3. The van der Waals surface area contributed by atoms with Crippen molar-refractivity contribution in [3.63, 3.8) is 0 Å². The third kappa shape index (κ3) is 5.01. The van der Waals surface area contributed by atoms with Crippen molar-refractivity contribution in [2.75, 3.05) is 31.6 Å². The quantitative estimate of drug-likeness (QED) is 0.616. The van der Waals surface area contributed by atoms with Gasteiger partial charge in [0.1, 0.15) is 0 Å². The Morgan fingerprint density at radius 3 is 2.65 bits per heavy atom. The van der Waals surface area contributed by atoms with E-state index in [1.165, 1.54) is 6.92 Å². The molecule has 0 radical (unpaired) electrons. The van der Waals surface area contributed by atoms with Crippen molar-refractivity contribution in [1.82, 2.24) is 4.90 Å². The third-order valence-electron chi connectivity index (χ3n) is 2.90. The summed E-state index contributed by atoms with van der Waals surface area (Å²) in [5.74, 6) is -0.0233. The van der Waals surface area contributed by atoms with Gasteiger partial charge in [-0.05, 0) is 32.9 Å². The zero-order chi connectivity index (χ0) is 15.0. The smallest absolute Gasteiger partial charge is 0.321 e. The molecule has 0 aromatic heterocycles. The van der Waals surface area contributed by atoms with E-state index in [9.17, 15) is 9.59 Å². The largest absolute Gasteiger partial charge is 0.380 e. The fourth-order valence-electron chi connectivity index (χ4n) is 1.74. The summed E-state index contributed by atoms with van der Waals surface area (Å²) in [5.41, 5.74) is 1.21. The number of anilines is 1. The van der Waals surface area contributed by atoms with Gasteiger partial charge in [0.15, 0.2) is 5.78 Å². The van der Waals surface area contributed by atoms with Crippen molar-refractivity contribution in [1.29, 1.82) is 0 Å². The Kier molecular flexibility index (Phi) is 6.73. The summed E-state index contributed by atoms with van der Waals surface area (Å²) in [5, 5.41) is 2.79. The Morgan fingerprint density at radius 1 is 1.30 bits per heavy atom. The number of hydrogen-bond acceptors (Lipinski definition) is 3. The number of carbonyl (C=O) groups excluding carboxylic acids is 2. The van der Waals surface area contributed by atoms with E-state index in [-0.39, 0.29) is 11.8 Å². The molecule has 1 N–H and O–H groups in total. The molecule has 0 spiro atoms. The summed E-state index contributed by atoms with van der Waals surface area (Å²) >= 11 is 0. The SMILES string of the molecule is CCOCCN(CC)C(=O)Nc1cccc(C(C)=O)c1. The summed E-state index contributed by atoms with van der Waals surface area (Å²) in [4.78, 5) is 25.1. The number of nitrogens with zero attached hydrogens (tertiary/aromatic N) is 1. The van der Waals surface area contributed by atoms with Crippen LogP contribution in [-0.2, 0) is 4.74 Å². The number of benzene rings is 1. The van der Waals surface area contributed by atoms with Crippen LogP contribution >= 0.6 is 0 Å². The minimum Gasteiger partial charge on any atom is -0.380 e. The molecule has 110 valence electrons. The van der Waals surface area contributed by atoms with Crippen molar-refractivity contribution in [3.8, 4) is 0 Å². The highest BCUT2D eigenvalue weighted by molar-refractivity contribution is 5.96. The number of urea groups is 1. The monoisotopic (exact) mass is 278 g/mol. The van der Waals surface area contributed by atoms with E-state index in [1.54, 1.807) is 29.2 Å². The van der Waals surface area contributed by atoms with Crippen molar-refractivity contribution in [2.45, 2.75) is 20.8 Å².